The molecule has 0 spiro atoms. The first-order valence-corrected chi connectivity index (χ1v) is 9.36. The van der Waals surface area contributed by atoms with Gasteiger partial charge in [-0.3, -0.25) is 0 Å². The van der Waals surface area contributed by atoms with Gasteiger partial charge >= 0.3 is 0 Å². The summed E-state index contributed by atoms with van der Waals surface area (Å²) in [6, 6.07) is 23.7. The van der Waals surface area contributed by atoms with Gasteiger partial charge in [-0.15, -0.1) is 0 Å². The molecule has 0 amide bonds. The SMILES string of the molecule is CC(C)c1ccc2c(c1-c1ccccc1)N(C(C)C)c1ccccc1O2. The summed E-state index contributed by atoms with van der Waals surface area (Å²) in [5, 5.41) is 0. The van der Waals surface area contributed by atoms with E-state index in [0.29, 0.717) is 12.0 Å². The first-order chi connectivity index (χ1) is 12.6. The lowest BCUT2D eigenvalue weighted by Gasteiger charge is -2.38. The van der Waals surface area contributed by atoms with Crippen molar-refractivity contribution in [3.63, 3.8) is 0 Å². The third-order valence-corrected chi connectivity index (χ3v) is 4.96. The van der Waals surface area contributed by atoms with E-state index in [1.54, 1.807) is 0 Å². The molecule has 2 nitrogen and oxygen atoms in total. The van der Waals surface area contributed by atoms with Gasteiger partial charge in [-0.25, -0.2) is 0 Å². The molecule has 0 atom stereocenters. The Kier molecular flexibility index (Phi) is 4.20. The van der Waals surface area contributed by atoms with E-state index in [0.717, 1.165) is 17.2 Å². The van der Waals surface area contributed by atoms with Crippen LogP contribution < -0.4 is 9.64 Å². The molecule has 3 aromatic carbocycles. The summed E-state index contributed by atoms with van der Waals surface area (Å²) >= 11 is 0. The van der Waals surface area contributed by atoms with E-state index in [1.807, 2.05) is 12.1 Å². The maximum absolute atomic E-state index is 6.31. The quantitative estimate of drug-likeness (QED) is 0.501. The van der Waals surface area contributed by atoms with Crippen LogP contribution in [0.4, 0.5) is 11.4 Å². The van der Waals surface area contributed by atoms with E-state index in [4.69, 9.17) is 4.74 Å². The van der Waals surface area contributed by atoms with Crippen molar-refractivity contribution in [3.8, 4) is 22.6 Å². The van der Waals surface area contributed by atoms with E-state index in [1.165, 1.54) is 22.4 Å². The summed E-state index contributed by atoms with van der Waals surface area (Å²) in [5.74, 6) is 2.28. The van der Waals surface area contributed by atoms with Gasteiger partial charge in [0, 0.05) is 11.6 Å². The molecule has 1 heterocycles. The molecule has 3 aromatic rings. The molecule has 4 rings (SSSR count). The number of anilines is 2. The van der Waals surface area contributed by atoms with Crippen LogP contribution in [0.5, 0.6) is 11.5 Å². The molecule has 2 heteroatoms. The van der Waals surface area contributed by atoms with Crippen molar-refractivity contribution in [1.82, 2.24) is 0 Å². The Morgan fingerprint density at radius 1 is 0.731 bits per heavy atom. The van der Waals surface area contributed by atoms with Crippen LogP contribution in [0.3, 0.4) is 0 Å². The van der Waals surface area contributed by atoms with Gasteiger partial charge in [0.2, 0.25) is 0 Å². The Morgan fingerprint density at radius 3 is 2.12 bits per heavy atom. The average Bonchev–Trinajstić information content (AvgIpc) is 2.65. The number of benzene rings is 3. The fraction of sp³-hybridized carbons (Fsp3) is 0.250. The van der Waals surface area contributed by atoms with Crippen molar-refractivity contribution in [2.24, 2.45) is 0 Å². The van der Waals surface area contributed by atoms with Crippen LogP contribution in [0.25, 0.3) is 11.1 Å². The standard InChI is InChI=1S/C24H25NO/c1-16(2)19-14-15-22-24(23(19)18-10-6-5-7-11-18)25(17(3)4)20-12-8-9-13-21(20)26-22/h5-17H,1-4H3. The molecule has 0 bridgehead atoms. The van der Waals surface area contributed by atoms with Gasteiger partial charge in [-0.2, -0.15) is 0 Å². The number of ether oxygens (including phenoxy) is 1. The molecule has 132 valence electrons. The molecule has 0 N–H and O–H groups in total. The Balaban J connectivity index is 2.05. The first-order valence-electron chi connectivity index (χ1n) is 9.36. The molecule has 1 aliphatic heterocycles. The fourth-order valence-electron chi connectivity index (χ4n) is 3.82. The normalized spacial score (nSPS) is 12.8. The van der Waals surface area contributed by atoms with Crippen molar-refractivity contribution in [3.05, 3.63) is 72.3 Å². The van der Waals surface area contributed by atoms with E-state index in [9.17, 15) is 0 Å². The zero-order valence-electron chi connectivity index (χ0n) is 15.9. The lowest BCUT2D eigenvalue weighted by molar-refractivity contribution is 0.469. The minimum atomic E-state index is 0.323. The molecular formula is C24H25NO. The molecule has 0 fully saturated rings. The first kappa shape index (κ1) is 16.7. The highest BCUT2D eigenvalue weighted by molar-refractivity contribution is 5.92. The van der Waals surface area contributed by atoms with E-state index < -0.39 is 0 Å². The van der Waals surface area contributed by atoms with E-state index in [-0.39, 0.29) is 0 Å². The maximum atomic E-state index is 6.31. The minimum Gasteiger partial charge on any atom is -0.453 e. The number of fused-ring (bicyclic) bond motifs is 2. The third-order valence-electron chi connectivity index (χ3n) is 4.96. The summed E-state index contributed by atoms with van der Waals surface area (Å²) in [7, 11) is 0. The third kappa shape index (κ3) is 2.66. The fourth-order valence-corrected chi connectivity index (χ4v) is 3.82. The van der Waals surface area contributed by atoms with E-state index >= 15 is 0 Å². The second-order valence-corrected chi connectivity index (χ2v) is 7.43. The average molecular weight is 343 g/mol. The summed E-state index contributed by atoms with van der Waals surface area (Å²) in [6.45, 7) is 8.99. The largest absolute Gasteiger partial charge is 0.453 e. The highest BCUT2D eigenvalue weighted by atomic mass is 16.5. The lowest BCUT2D eigenvalue weighted by Crippen LogP contribution is -2.29. The van der Waals surface area contributed by atoms with Crippen molar-refractivity contribution in [2.75, 3.05) is 4.90 Å². The van der Waals surface area contributed by atoms with Gasteiger partial charge in [0.05, 0.1) is 11.4 Å². The Morgan fingerprint density at radius 2 is 1.42 bits per heavy atom. The number of para-hydroxylation sites is 2. The van der Waals surface area contributed by atoms with E-state index in [2.05, 4.69) is 87.2 Å². The number of nitrogens with zero attached hydrogens (tertiary/aromatic N) is 1. The molecule has 0 saturated heterocycles. The zero-order chi connectivity index (χ0) is 18.3. The van der Waals surface area contributed by atoms with Gasteiger partial charge in [-0.1, -0.05) is 62.4 Å². The summed E-state index contributed by atoms with van der Waals surface area (Å²) in [5.41, 5.74) is 6.18. The second-order valence-electron chi connectivity index (χ2n) is 7.43. The summed E-state index contributed by atoms with van der Waals surface area (Å²) < 4.78 is 6.31. The van der Waals surface area contributed by atoms with Crippen LogP contribution in [-0.2, 0) is 0 Å². The smallest absolute Gasteiger partial charge is 0.151 e. The molecule has 1 aliphatic rings. The highest BCUT2D eigenvalue weighted by Crippen LogP contribution is 2.53. The van der Waals surface area contributed by atoms with Crippen LogP contribution in [0.15, 0.2) is 66.7 Å². The van der Waals surface area contributed by atoms with Crippen LogP contribution in [-0.4, -0.2) is 6.04 Å². The van der Waals surface area contributed by atoms with Crippen molar-refractivity contribution in [1.29, 1.82) is 0 Å². The zero-order valence-corrected chi connectivity index (χ0v) is 15.9. The van der Waals surface area contributed by atoms with Crippen LogP contribution in [0.2, 0.25) is 0 Å². The topological polar surface area (TPSA) is 12.5 Å². The summed E-state index contributed by atoms with van der Waals surface area (Å²) in [4.78, 5) is 2.42. The molecule has 0 aromatic heterocycles. The van der Waals surface area contributed by atoms with Gasteiger partial charge in [0.25, 0.3) is 0 Å². The van der Waals surface area contributed by atoms with Gasteiger partial charge < -0.3 is 9.64 Å². The predicted molar refractivity (Wildman–Crippen MR) is 110 cm³/mol. The predicted octanol–water partition coefficient (Wildman–Crippen LogP) is 7.13. The number of rotatable bonds is 3. The van der Waals surface area contributed by atoms with Crippen molar-refractivity contribution >= 4 is 11.4 Å². The van der Waals surface area contributed by atoms with Gasteiger partial charge in [0.15, 0.2) is 11.5 Å². The highest BCUT2D eigenvalue weighted by Gasteiger charge is 2.30. The second kappa shape index (κ2) is 6.53. The summed E-state index contributed by atoms with van der Waals surface area (Å²) in [6.07, 6.45) is 0. The molecule has 0 saturated carbocycles. The molecular weight excluding hydrogens is 318 g/mol. The van der Waals surface area contributed by atoms with Gasteiger partial charge in [-0.05, 0) is 49.1 Å². The van der Waals surface area contributed by atoms with Crippen LogP contribution in [0.1, 0.15) is 39.2 Å². The maximum Gasteiger partial charge on any atom is 0.151 e. The van der Waals surface area contributed by atoms with Crippen LogP contribution in [0, 0.1) is 0 Å². The lowest BCUT2D eigenvalue weighted by atomic mass is 9.89. The van der Waals surface area contributed by atoms with Crippen molar-refractivity contribution < 1.29 is 4.74 Å². The minimum absolute atomic E-state index is 0.323. The van der Waals surface area contributed by atoms with Gasteiger partial charge in [0.1, 0.15) is 0 Å². The van der Waals surface area contributed by atoms with Crippen LogP contribution >= 0.6 is 0 Å². The Labute approximate surface area is 156 Å². The Hall–Kier alpha value is -2.74. The number of hydrogen-bond donors (Lipinski definition) is 0. The van der Waals surface area contributed by atoms with Crippen molar-refractivity contribution in [2.45, 2.75) is 39.7 Å². The Bertz CT molecular complexity index is 928. The monoisotopic (exact) mass is 343 g/mol. The number of hydrogen-bond acceptors (Lipinski definition) is 2. The molecule has 0 unspecified atom stereocenters. The molecule has 0 radical (unpaired) electrons. The molecule has 26 heavy (non-hydrogen) atoms. The molecule has 0 aliphatic carbocycles.